The third kappa shape index (κ3) is 4.29. The largest absolute Gasteiger partial charge is 0.383 e. The van der Waals surface area contributed by atoms with Crippen LogP contribution in [0.5, 0.6) is 0 Å². The van der Waals surface area contributed by atoms with Crippen molar-refractivity contribution < 1.29 is 9.53 Å². The highest BCUT2D eigenvalue weighted by molar-refractivity contribution is 9.10. The molecule has 25 heavy (non-hydrogen) atoms. The molecule has 1 atom stereocenters. The number of H-pyrrole nitrogens is 1. The Morgan fingerprint density at radius 3 is 2.80 bits per heavy atom. The maximum atomic E-state index is 12.8. The summed E-state index contributed by atoms with van der Waals surface area (Å²) in [5.74, 6) is 0.00843. The number of methoxy groups -OCH3 is 1. The van der Waals surface area contributed by atoms with Gasteiger partial charge in [-0.2, -0.15) is 5.10 Å². The lowest BCUT2D eigenvalue weighted by molar-refractivity contribution is 0.0430. The van der Waals surface area contributed by atoms with Crippen molar-refractivity contribution in [3.05, 3.63) is 40.5 Å². The molecule has 0 spiro atoms. The van der Waals surface area contributed by atoms with Crippen LogP contribution >= 0.6 is 15.9 Å². The molecular formula is C18H23BrN4O2. The Labute approximate surface area is 156 Å². The number of hydrogen-bond donors (Lipinski definition) is 1. The number of amides is 1. The molecule has 2 heterocycles. The number of halogens is 1. The molecule has 1 fully saturated rings. The van der Waals surface area contributed by atoms with Crippen molar-refractivity contribution >= 4 is 21.8 Å². The number of ether oxygens (including phenoxy) is 1. The van der Waals surface area contributed by atoms with Crippen LogP contribution in [-0.2, 0) is 4.74 Å². The second kappa shape index (κ2) is 8.12. The van der Waals surface area contributed by atoms with E-state index in [1.807, 2.05) is 35.2 Å². The number of aromatic amines is 1. The SMILES string of the molecule is COCCN1CCN(C(=O)c2cc(-c3ccc(Br)cc3)n[nH]2)CC1C. The van der Waals surface area contributed by atoms with E-state index < -0.39 is 0 Å². The van der Waals surface area contributed by atoms with Gasteiger partial charge in [0.2, 0.25) is 0 Å². The molecule has 0 aliphatic carbocycles. The highest BCUT2D eigenvalue weighted by Crippen LogP contribution is 2.21. The smallest absolute Gasteiger partial charge is 0.271 e. The van der Waals surface area contributed by atoms with Crippen LogP contribution in [0.2, 0.25) is 0 Å². The lowest BCUT2D eigenvalue weighted by Gasteiger charge is -2.39. The number of nitrogens with one attached hydrogen (secondary N) is 1. The Hall–Kier alpha value is -1.70. The first kappa shape index (κ1) is 18.1. The second-order valence-electron chi connectivity index (χ2n) is 6.30. The van der Waals surface area contributed by atoms with Crippen LogP contribution in [0.15, 0.2) is 34.8 Å². The van der Waals surface area contributed by atoms with Gasteiger partial charge in [-0.15, -0.1) is 0 Å². The molecule has 1 aromatic carbocycles. The van der Waals surface area contributed by atoms with Gasteiger partial charge in [-0.1, -0.05) is 28.1 Å². The number of rotatable bonds is 5. The Morgan fingerprint density at radius 2 is 2.12 bits per heavy atom. The molecule has 7 heteroatoms. The fourth-order valence-electron chi connectivity index (χ4n) is 3.09. The molecule has 1 aliphatic rings. The minimum Gasteiger partial charge on any atom is -0.383 e. The molecule has 1 unspecified atom stereocenters. The monoisotopic (exact) mass is 406 g/mol. The highest BCUT2D eigenvalue weighted by atomic mass is 79.9. The predicted molar refractivity (Wildman–Crippen MR) is 101 cm³/mol. The van der Waals surface area contributed by atoms with Crippen LogP contribution < -0.4 is 0 Å². The van der Waals surface area contributed by atoms with Crippen LogP contribution in [0.1, 0.15) is 17.4 Å². The molecule has 1 saturated heterocycles. The van der Waals surface area contributed by atoms with Gasteiger partial charge in [-0.05, 0) is 25.1 Å². The van der Waals surface area contributed by atoms with Gasteiger partial charge in [0.15, 0.2) is 0 Å². The molecule has 134 valence electrons. The maximum Gasteiger partial charge on any atom is 0.271 e. The van der Waals surface area contributed by atoms with Crippen molar-refractivity contribution in [2.75, 3.05) is 39.9 Å². The van der Waals surface area contributed by atoms with Crippen LogP contribution in [0.3, 0.4) is 0 Å². The van der Waals surface area contributed by atoms with Crippen molar-refractivity contribution in [3.63, 3.8) is 0 Å². The molecular weight excluding hydrogens is 384 g/mol. The molecule has 6 nitrogen and oxygen atoms in total. The van der Waals surface area contributed by atoms with Crippen molar-refractivity contribution in [1.29, 1.82) is 0 Å². The fraction of sp³-hybridized carbons (Fsp3) is 0.444. The Morgan fingerprint density at radius 1 is 1.36 bits per heavy atom. The molecule has 1 N–H and O–H groups in total. The first-order valence-electron chi connectivity index (χ1n) is 8.42. The van der Waals surface area contributed by atoms with Crippen molar-refractivity contribution in [3.8, 4) is 11.3 Å². The Bertz CT molecular complexity index is 716. The van der Waals surface area contributed by atoms with E-state index in [1.165, 1.54) is 0 Å². The average molecular weight is 407 g/mol. The molecule has 2 aromatic rings. The molecule has 0 bridgehead atoms. The van der Waals surface area contributed by atoms with E-state index >= 15 is 0 Å². The van der Waals surface area contributed by atoms with Gasteiger partial charge in [0, 0.05) is 49.4 Å². The van der Waals surface area contributed by atoms with Crippen molar-refractivity contribution in [2.24, 2.45) is 0 Å². The molecule has 0 saturated carbocycles. The highest BCUT2D eigenvalue weighted by Gasteiger charge is 2.27. The van der Waals surface area contributed by atoms with Crippen LogP contribution in [0.4, 0.5) is 0 Å². The van der Waals surface area contributed by atoms with Gasteiger partial charge in [0.1, 0.15) is 5.69 Å². The first-order valence-corrected chi connectivity index (χ1v) is 9.21. The molecule has 3 rings (SSSR count). The van der Waals surface area contributed by atoms with Crippen molar-refractivity contribution in [1.82, 2.24) is 20.0 Å². The van der Waals surface area contributed by atoms with E-state index in [2.05, 4.69) is 38.0 Å². The zero-order valence-corrected chi connectivity index (χ0v) is 16.1. The summed E-state index contributed by atoms with van der Waals surface area (Å²) in [6.07, 6.45) is 0. The average Bonchev–Trinajstić information content (AvgIpc) is 3.10. The third-order valence-electron chi connectivity index (χ3n) is 4.58. The number of benzene rings is 1. The van der Waals surface area contributed by atoms with E-state index in [0.29, 0.717) is 11.7 Å². The summed E-state index contributed by atoms with van der Waals surface area (Å²) in [6.45, 7) is 6.07. The fourth-order valence-corrected chi connectivity index (χ4v) is 3.35. The zero-order chi connectivity index (χ0) is 17.8. The number of carbonyl (C=O) groups is 1. The van der Waals surface area contributed by atoms with Crippen LogP contribution in [-0.4, -0.2) is 71.8 Å². The number of piperazine rings is 1. The normalized spacial score (nSPS) is 18.5. The summed E-state index contributed by atoms with van der Waals surface area (Å²) in [4.78, 5) is 17.0. The minimum atomic E-state index is 0.00843. The molecule has 1 aliphatic heterocycles. The van der Waals surface area contributed by atoms with Crippen molar-refractivity contribution in [2.45, 2.75) is 13.0 Å². The first-order chi connectivity index (χ1) is 12.1. The summed E-state index contributed by atoms with van der Waals surface area (Å²) in [5.41, 5.74) is 2.30. The molecule has 1 aromatic heterocycles. The predicted octanol–water partition coefficient (Wildman–Crippen LogP) is 2.63. The summed E-state index contributed by atoms with van der Waals surface area (Å²) >= 11 is 3.42. The van der Waals surface area contributed by atoms with E-state index in [9.17, 15) is 4.79 Å². The third-order valence-corrected chi connectivity index (χ3v) is 5.11. The quantitative estimate of drug-likeness (QED) is 0.828. The van der Waals surface area contributed by atoms with Gasteiger partial charge in [-0.3, -0.25) is 14.8 Å². The topological polar surface area (TPSA) is 61.5 Å². The Balaban J connectivity index is 1.65. The van der Waals surface area contributed by atoms with Crippen LogP contribution in [0.25, 0.3) is 11.3 Å². The lowest BCUT2D eigenvalue weighted by Crippen LogP contribution is -2.54. The summed E-state index contributed by atoms with van der Waals surface area (Å²) in [7, 11) is 1.71. The van der Waals surface area contributed by atoms with E-state index in [-0.39, 0.29) is 5.91 Å². The second-order valence-corrected chi connectivity index (χ2v) is 7.22. The van der Waals surface area contributed by atoms with E-state index in [1.54, 1.807) is 7.11 Å². The summed E-state index contributed by atoms with van der Waals surface area (Å²) in [6, 6.07) is 10.0. The molecule has 1 amide bonds. The molecule has 0 radical (unpaired) electrons. The Kier molecular flexibility index (Phi) is 5.88. The lowest BCUT2D eigenvalue weighted by atomic mass is 10.1. The van der Waals surface area contributed by atoms with Gasteiger partial charge in [0.25, 0.3) is 5.91 Å². The number of nitrogens with zero attached hydrogens (tertiary/aromatic N) is 3. The number of aromatic nitrogens is 2. The summed E-state index contributed by atoms with van der Waals surface area (Å²) < 4.78 is 6.17. The summed E-state index contributed by atoms with van der Waals surface area (Å²) in [5, 5.41) is 7.18. The number of hydrogen-bond acceptors (Lipinski definition) is 4. The van der Waals surface area contributed by atoms with E-state index in [4.69, 9.17) is 4.74 Å². The van der Waals surface area contributed by atoms with Gasteiger partial charge in [0.05, 0.1) is 12.3 Å². The standard InChI is InChI=1S/C18H23BrN4O2/c1-13-12-23(8-7-22(13)9-10-25-2)18(24)17-11-16(20-21-17)14-3-5-15(19)6-4-14/h3-6,11,13H,7-10,12H2,1-2H3,(H,20,21). The van der Waals surface area contributed by atoms with Crippen LogP contribution in [0, 0.1) is 0 Å². The van der Waals surface area contributed by atoms with Gasteiger partial charge >= 0.3 is 0 Å². The van der Waals surface area contributed by atoms with Gasteiger partial charge in [-0.25, -0.2) is 0 Å². The zero-order valence-electron chi connectivity index (χ0n) is 14.5. The number of carbonyl (C=O) groups excluding carboxylic acids is 1. The maximum absolute atomic E-state index is 12.8. The van der Waals surface area contributed by atoms with Gasteiger partial charge < -0.3 is 9.64 Å². The minimum absolute atomic E-state index is 0.00843. The van der Waals surface area contributed by atoms with E-state index in [0.717, 1.165) is 48.5 Å².